The molecule has 0 bridgehead atoms. The maximum absolute atomic E-state index is 11.2. The molecule has 0 radical (unpaired) electrons. The van der Waals surface area contributed by atoms with Crippen molar-refractivity contribution in [3.8, 4) is 6.07 Å². The molecule has 0 amide bonds. The normalized spacial score (nSPS) is 15.2. The lowest BCUT2D eigenvalue weighted by molar-refractivity contribution is 0.401. The summed E-state index contributed by atoms with van der Waals surface area (Å²) in [5.41, 5.74) is 4.98. The number of aryl methyl sites for hydroxylation is 1. The number of hydrogen-bond donors (Lipinski definition) is 1. The van der Waals surface area contributed by atoms with Crippen LogP contribution in [0.4, 0.5) is 5.82 Å². The summed E-state index contributed by atoms with van der Waals surface area (Å²) in [6, 6.07) is 5.85. The van der Waals surface area contributed by atoms with Crippen molar-refractivity contribution in [1.29, 1.82) is 5.26 Å². The highest BCUT2D eigenvalue weighted by Crippen LogP contribution is 2.29. The Morgan fingerprint density at radius 1 is 1.24 bits per heavy atom. The minimum atomic E-state index is -0.0567. The number of aromatic amines is 1. The zero-order chi connectivity index (χ0) is 18.0. The molecule has 1 saturated heterocycles. The predicted octanol–water partition coefficient (Wildman–Crippen LogP) is 3.03. The molecule has 5 nitrogen and oxygen atoms in total. The molecule has 2 aromatic rings. The highest BCUT2D eigenvalue weighted by molar-refractivity contribution is 5.60. The average molecular weight is 336 g/mol. The third kappa shape index (κ3) is 3.58. The highest BCUT2D eigenvalue weighted by atomic mass is 16.1. The number of pyridine rings is 2. The van der Waals surface area contributed by atoms with Crippen molar-refractivity contribution in [2.24, 2.45) is 5.92 Å². The van der Waals surface area contributed by atoms with E-state index in [2.05, 4.69) is 16.0 Å². The van der Waals surface area contributed by atoms with Crippen LogP contribution in [0.5, 0.6) is 0 Å². The van der Waals surface area contributed by atoms with Crippen molar-refractivity contribution >= 4 is 5.82 Å². The first-order chi connectivity index (χ1) is 12.0. The van der Waals surface area contributed by atoms with Gasteiger partial charge in [-0.1, -0.05) is 6.07 Å². The van der Waals surface area contributed by atoms with Gasteiger partial charge in [0.05, 0.1) is 5.56 Å². The molecule has 0 saturated carbocycles. The van der Waals surface area contributed by atoms with E-state index in [1.807, 2.05) is 33.0 Å². The van der Waals surface area contributed by atoms with Gasteiger partial charge in [0.25, 0.3) is 0 Å². The number of nitrogens with one attached hydrogen (secondary N) is 1. The number of piperidine rings is 1. The van der Waals surface area contributed by atoms with Crippen LogP contribution in [0.1, 0.15) is 40.8 Å². The van der Waals surface area contributed by atoms with Crippen LogP contribution in [0.2, 0.25) is 0 Å². The van der Waals surface area contributed by atoms with Crippen LogP contribution in [0, 0.1) is 38.0 Å². The minimum absolute atomic E-state index is 0.0567. The maximum atomic E-state index is 11.2. The summed E-state index contributed by atoms with van der Waals surface area (Å²) in [6.45, 7) is 7.87. The van der Waals surface area contributed by atoms with Gasteiger partial charge in [-0.2, -0.15) is 5.26 Å². The molecule has 1 fully saturated rings. The summed E-state index contributed by atoms with van der Waals surface area (Å²) in [6.07, 6.45) is 4.93. The van der Waals surface area contributed by atoms with Gasteiger partial charge in [0.15, 0.2) is 0 Å². The lowest BCUT2D eigenvalue weighted by Crippen LogP contribution is -2.35. The number of H-pyrrole nitrogens is 1. The molecule has 1 N–H and O–H groups in total. The van der Waals surface area contributed by atoms with Crippen LogP contribution in [0.25, 0.3) is 0 Å². The van der Waals surface area contributed by atoms with E-state index in [4.69, 9.17) is 4.98 Å². The summed E-state index contributed by atoms with van der Waals surface area (Å²) in [5, 5.41) is 9.57. The Balaban J connectivity index is 1.71. The van der Waals surface area contributed by atoms with Gasteiger partial charge in [0, 0.05) is 31.0 Å². The van der Waals surface area contributed by atoms with Crippen molar-refractivity contribution in [1.82, 2.24) is 9.97 Å². The topological polar surface area (TPSA) is 72.8 Å². The summed E-state index contributed by atoms with van der Waals surface area (Å²) in [7, 11) is 0. The van der Waals surface area contributed by atoms with Gasteiger partial charge in [0.2, 0.25) is 5.56 Å². The zero-order valence-corrected chi connectivity index (χ0v) is 15.1. The van der Waals surface area contributed by atoms with E-state index >= 15 is 0 Å². The van der Waals surface area contributed by atoms with Gasteiger partial charge < -0.3 is 9.88 Å². The fraction of sp³-hybridized carbons (Fsp3) is 0.450. The van der Waals surface area contributed by atoms with Crippen molar-refractivity contribution < 1.29 is 0 Å². The number of nitriles is 1. The number of anilines is 1. The molecule has 3 rings (SSSR count). The smallest absolute Gasteiger partial charge is 0.247 e. The van der Waals surface area contributed by atoms with Crippen LogP contribution in [-0.4, -0.2) is 23.1 Å². The van der Waals surface area contributed by atoms with E-state index in [-0.39, 0.29) is 5.56 Å². The molecule has 0 aromatic carbocycles. The van der Waals surface area contributed by atoms with Gasteiger partial charge in [-0.05, 0) is 62.6 Å². The van der Waals surface area contributed by atoms with Crippen LogP contribution in [0.15, 0.2) is 23.1 Å². The molecular weight excluding hydrogens is 312 g/mol. The summed E-state index contributed by atoms with van der Waals surface area (Å²) >= 11 is 0. The van der Waals surface area contributed by atoms with Crippen molar-refractivity contribution in [3.63, 3.8) is 0 Å². The van der Waals surface area contributed by atoms with Crippen molar-refractivity contribution in [2.75, 3.05) is 18.0 Å². The first kappa shape index (κ1) is 17.2. The molecule has 1 aliphatic heterocycles. The first-order valence-electron chi connectivity index (χ1n) is 8.80. The van der Waals surface area contributed by atoms with E-state index in [0.29, 0.717) is 11.5 Å². The number of aromatic nitrogens is 2. The third-order valence-electron chi connectivity index (χ3n) is 5.38. The molecule has 130 valence electrons. The standard InChI is InChI=1S/C20H24N4O/c1-13-14(2)18(11-21)20(23-15(13)3)24-8-6-16(7-9-24)10-17-4-5-19(25)22-12-17/h4-5,12,16H,6-10H2,1-3H3,(H,22,25). The lowest BCUT2D eigenvalue weighted by atomic mass is 9.90. The van der Waals surface area contributed by atoms with Crippen LogP contribution in [0.3, 0.4) is 0 Å². The summed E-state index contributed by atoms with van der Waals surface area (Å²) in [4.78, 5) is 20.9. The second-order valence-corrected chi connectivity index (χ2v) is 6.95. The largest absolute Gasteiger partial charge is 0.355 e. The highest BCUT2D eigenvalue weighted by Gasteiger charge is 2.24. The monoisotopic (exact) mass is 336 g/mol. The van der Waals surface area contributed by atoms with Crippen LogP contribution >= 0.6 is 0 Å². The Kier molecular flexibility index (Phi) is 4.89. The molecule has 5 heteroatoms. The molecule has 0 spiro atoms. The summed E-state index contributed by atoms with van der Waals surface area (Å²) < 4.78 is 0. The van der Waals surface area contributed by atoms with Gasteiger partial charge >= 0.3 is 0 Å². The van der Waals surface area contributed by atoms with E-state index in [0.717, 1.165) is 55.0 Å². The number of rotatable bonds is 3. The van der Waals surface area contributed by atoms with E-state index in [1.54, 1.807) is 6.07 Å². The van der Waals surface area contributed by atoms with Gasteiger partial charge in [0.1, 0.15) is 11.9 Å². The summed E-state index contributed by atoms with van der Waals surface area (Å²) in [5.74, 6) is 1.44. The molecule has 0 unspecified atom stereocenters. The minimum Gasteiger partial charge on any atom is -0.355 e. The first-order valence-corrected chi connectivity index (χ1v) is 8.80. The van der Waals surface area contributed by atoms with Crippen molar-refractivity contribution in [3.05, 3.63) is 56.6 Å². The van der Waals surface area contributed by atoms with E-state index < -0.39 is 0 Å². The Morgan fingerprint density at radius 2 is 1.96 bits per heavy atom. The molecule has 0 atom stereocenters. The van der Waals surface area contributed by atoms with Crippen molar-refractivity contribution in [2.45, 2.75) is 40.0 Å². The second-order valence-electron chi connectivity index (χ2n) is 6.95. The van der Waals surface area contributed by atoms with E-state index in [9.17, 15) is 10.1 Å². The predicted molar refractivity (Wildman–Crippen MR) is 98.9 cm³/mol. The Morgan fingerprint density at radius 3 is 2.56 bits per heavy atom. The Hall–Kier alpha value is -2.61. The molecule has 2 aromatic heterocycles. The third-order valence-corrected chi connectivity index (χ3v) is 5.38. The lowest BCUT2D eigenvalue weighted by Gasteiger charge is -2.34. The Bertz CT molecular complexity index is 850. The van der Waals surface area contributed by atoms with Crippen LogP contribution < -0.4 is 10.5 Å². The molecule has 1 aliphatic rings. The second kappa shape index (κ2) is 7.10. The fourth-order valence-corrected chi connectivity index (χ4v) is 3.54. The average Bonchev–Trinajstić information content (AvgIpc) is 2.62. The van der Waals surface area contributed by atoms with Gasteiger partial charge in [-0.25, -0.2) is 4.98 Å². The quantitative estimate of drug-likeness (QED) is 0.935. The molecular formula is C20H24N4O. The molecule has 0 aliphatic carbocycles. The molecule has 3 heterocycles. The zero-order valence-electron chi connectivity index (χ0n) is 15.1. The fourth-order valence-electron chi connectivity index (χ4n) is 3.54. The SMILES string of the molecule is Cc1nc(N2CCC(Cc3ccc(=O)[nH]c3)CC2)c(C#N)c(C)c1C. The number of hydrogen-bond acceptors (Lipinski definition) is 4. The van der Waals surface area contributed by atoms with Gasteiger partial charge in [-0.15, -0.1) is 0 Å². The van der Waals surface area contributed by atoms with E-state index in [1.165, 1.54) is 5.56 Å². The Labute approximate surface area is 148 Å². The number of nitrogens with zero attached hydrogens (tertiary/aromatic N) is 3. The maximum Gasteiger partial charge on any atom is 0.247 e. The molecule has 25 heavy (non-hydrogen) atoms. The van der Waals surface area contributed by atoms with Crippen LogP contribution in [-0.2, 0) is 6.42 Å². The van der Waals surface area contributed by atoms with Gasteiger partial charge in [-0.3, -0.25) is 4.79 Å².